The number of amides is 3. The zero-order valence-electron chi connectivity index (χ0n) is 15.9. The van der Waals surface area contributed by atoms with Crippen molar-refractivity contribution in [1.82, 2.24) is 16.1 Å². The van der Waals surface area contributed by atoms with E-state index in [-0.39, 0.29) is 24.2 Å². The van der Waals surface area contributed by atoms with Crippen LogP contribution in [0.2, 0.25) is 0 Å². The van der Waals surface area contributed by atoms with Gasteiger partial charge in [0.15, 0.2) is 3.55 Å². The molecule has 0 aliphatic rings. The SMILES string of the molecule is CNC(=O)C(I)(CCc1ccccc1)NC(=O)C(CC(=O)NO)CC(C)C. The van der Waals surface area contributed by atoms with E-state index in [9.17, 15) is 14.4 Å². The van der Waals surface area contributed by atoms with Gasteiger partial charge in [0, 0.05) is 19.4 Å². The smallest absolute Gasteiger partial charge is 0.255 e. The van der Waals surface area contributed by atoms with Crippen molar-refractivity contribution in [1.29, 1.82) is 0 Å². The summed E-state index contributed by atoms with van der Waals surface area (Å²) in [6, 6.07) is 9.71. The van der Waals surface area contributed by atoms with Gasteiger partial charge in [0.1, 0.15) is 0 Å². The fourth-order valence-corrected chi connectivity index (χ4v) is 3.62. The molecule has 8 heteroatoms. The molecule has 0 bridgehead atoms. The highest BCUT2D eigenvalue weighted by Gasteiger charge is 2.38. The summed E-state index contributed by atoms with van der Waals surface area (Å²) < 4.78 is -1.13. The number of benzene rings is 1. The molecule has 0 fully saturated rings. The van der Waals surface area contributed by atoms with Crippen LogP contribution in [0.25, 0.3) is 0 Å². The molecule has 0 aromatic heterocycles. The molecule has 0 radical (unpaired) electrons. The molecule has 0 saturated carbocycles. The molecule has 0 heterocycles. The van der Waals surface area contributed by atoms with Gasteiger partial charge in [-0.05, 0) is 53.3 Å². The minimum Gasteiger partial charge on any atom is -0.356 e. The first-order valence-corrected chi connectivity index (χ1v) is 9.99. The fourth-order valence-electron chi connectivity index (χ4n) is 2.81. The molecule has 0 aliphatic heterocycles. The van der Waals surface area contributed by atoms with E-state index in [2.05, 4.69) is 10.6 Å². The van der Waals surface area contributed by atoms with Crippen molar-refractivity contribution in [3.8, 4) is 0 Å². The Morgan fingerprint density at radius 1 is 1.19 bits per heavy atom. The van der Waals surface area contributed by atoms with Crippen LogP contribution < -0.4 is 16.1 Å². The fraction of sp³-hybridized carbons (Fsp3) is 0.526. The van der Waals surface area contributed by atoms with Crippen LogP contribution in [0.1, 0.15) is 38.7 Å². The van der Waals surface area contributed by atoms with Crippen LogP contribution in [-0.4, -0.2) is 33.5 Å². The Kier molecular flexibility index (Phi) is 9.71. The van der Waals surface area contributed by atoms with Crippen LogP contribution >= 0.6 is 22.6 Å². The quantitative estimate of drug-likeness (QED) is 0.133. The van der Waals surface area contributed by atoms with Gasteiger partial charge in [0.25, 0.3) is 5.91 Å². The van der Waals surface area contributed by atoms with Crippen LogP contribution in [0.4, 0.5) is 0 Å². The molecule has 3 amide bonds. The average Bonchev–Trinajstić information content (AvgIpc) is 2.65. The highest BCUT2D eigenvalue weighted by Crippen LogP contribution is 2.25. The van der Waals surface area contributed by atoms with Gasteiger partial charge in [0.05, 0.1) is 0 Å². The minimum atomic E-state index is -1.13. The molecule has 150 valence electrons. The van der Waals surface area contributed by atoms with E-state index in [1.165, 1.54) is 7.05 Å². The van der Waals surface area contributed by atoms with E-state index >= 15 is 0 Å². The van der Waals surface area contributed by atoms with Crippen LogP contribution in [0.5, 0.6) is 0 Å². The summed E-state index contributed by atoms with van der Waals surface area (Å²) >= 11 is 1.96. The molecule has 0 aliphatic carbocycles. The first kappa shape index (κ1) is 23.4. The van der Waals surface area contributed by atoms with Crippen molar-refractivity contribution in [2.75, 3.05) is 7.05 Å². The van der Waals surface area contributed by atoms with Crippen molar-refractivity contribution >= 4 is 40.3 Å². The maximum absolute atomic E-state index is 12.8. The molecular formula is C19H28IN3O4. The first-order valence-electron chi connectivity index (χ1n) is 8.91. The van der Waals surface area contributed by atoms with E-state index < -0.39 is 15.4 Å². The second-order valence-corrected chi connectivity index (χ2v) is 8.76. The molecule has 4 N–H and O–H groups in total. The minimum absolute atomic E-state index is 0.139. The molecular weight excluding hydrogens is 461 g/mol. The Labute approximate surface area is 173 Å². The lowest BCUT2D eigenvalue weighted by Gasteiger charge is -2.29. The van der Waals surface area contributed by atoms with Crippen molar-refractivity contribution < 1.29 is 19.6 Å². The number of hydrogen-bond donors (Lipinski definition) is 4. The summed E-state index contributed by atoms with van der Waals surface area (Å²) in [4.78, 5) is 36.8. The topological polar surface area (TPSA) is 108 Å². The van der Waals surface area contributed by atoms with Gasteiger partial charge in [-0.25, -0.2) is 5.48 Å². The normalized spacial score (nSPS) is 14.1. The Morgan fingerprint density at radius 2 is 1.81 bits per heavy atom. The lowest BCUT2D eigenvalue weighted by molar-refractivity contribution is -0.136. The van der Waals surface area contributed by atoms with E-state index in [0.717, 1.165) is 5.56 Å². The molecule has 1 rings (SSSR count). The van der Waals surface area contributed by atoms with Gasteiger partial charge in [-0.2, -0.15) is 0 Å². The lowest BCUT2D eigenvalue weighted by atomic mass is 9.92. The highest BCUT2D eigenvalue weighted by atomic mass is 127. The number of alkyl halides is 1. The van der Waals surface area contributed by atoms with E-state index in [4.69, 9.17) is 5.21 Å². The standard InChI is InChI=1S/C19H28IN3O4/c1-13(2)11-15(12-16(24)23-27)17(25)22-19(20,18(26)21-3)10-9-14-7-5-4-6-8-14/h4-8,13,15,27H,9-12H2,1-3H3,(H,21,26)(H,22,25)(H,23,24). The third-order valence-corrected chi connectivity index (χ3v) is 5.49. The predicted octanol–water partition coefficient (Wildman–Crippen LogP) is 2.17. The van der Waals surface area contributed by atoms with E-state index in [0.29, 0.717) is 19.3 Å². The van der Waals surface area contributed by atoms with Gasteiger partial charge in [-0.15, -0.1) is 0 Å². The molecule has 2 unspecified atom stereocenters. The summed E-state index contributed by atoms with van der Waals surface area (Å²) in [6.07, 6.45) is 1.35. The van der Waals surface area contributed by atoms with Crippen molar-refractivity contribution in [3.63, 3.8) is 0 Å². The van der Waals surface area contributed by atoms with Crippen LogP contribution in [0.15, 0.2) is 30.3 Å². The number of carbonyl (C=O) groups is 3. The number of hydroxylamine groups is 1. The van der Waals surface area contributed by atoms with Gasteiger partial charge < -0.3 is 10.6 Å². The number of likely N-dealkylation sites (N-methyl/N-ethyl adjacent to an activating group) is 1. The molecule has 7 nitrogen and oxygen atoms in total. The third-order valence-electron chi connectivity index (χ3n) is 4.19. The zero-order chi connectivity index (χ0) is 20.4. The Hall–Kier alpha value is -1.68. The second kappa shape index (κ2) is 11.2. The van der Waals surface area contributed by atoms with Crippen LogP contribution in [0.3, 0.4) is 0 Å². The van der Waals surface area contributed by atoms with Crippen molar-refractivity contribution in [2.24, 2.45) is 11.8 Å². The maximum atomic E-state index is 12.8. The lowest BCUT2D eigenvalue weighted by Crippen LogP contribution is -2.55. The molecule has 0 saturated heterocycles. The second-order valence-electron chi connectivity index (χ2n) is 6.92. The molecule has 27 heavy (non-hydrogen) atoms. The predicted molar refractivity (Wildman–Crippen MR) is 111 cm³/mol. The average molecular weight is 489 g/mol. The summed E-state index contributed by atoms with van der Waals surface area (Å²) in [7, 11) is 1.52. The zero-order valence-corrected chi connectivity index (χ0v) is 18.1. The number of nitrogens with one attached hydrogen (secondary N) is 3. The van der Waals surface area contributed by atoms with E-state index in [1.54, 1.807) is 5.48 Å². The largest absolute Gasteiger partial charge is 0.356 e. The highest BCUT2D eigenvalue weighted by molar-refractivity contribution is 14.1. The Balaban J connectivity index is 2.92. The Bertz CT molecular complexity index is 639. The van der Waals surface area contributed by atoms with E-state index in [1.807, 2.05) is 66.8 Å². The number of carbonyl (C=O) groups excluding carboxylic acids is 3. The maximum Gasteiger partial charge on any atom is 0.255 e. The van der Waals surface area contributed by atoms with Gasteiger partial charge in [-0.3, -0.25) is 19.6 Å². The van der Waals surface area contributed by atoms with Crippen LogP contribution in [0, 0.1) is 11.8 Å². The summed E-state index contributed by atoms with van der Waals surface area (Å²) in [5.41, 5.74) is 2.63. The van der Waals surface area contributed by atoms with Crippen molar-refractivity contribution in [3.05, 3.63) is 35.9 Å². The van der Waals surface area contributed by atoms with Gasteiger partial charge in [-0.1, -0.05) is 44.2 Å². The molecule has 0 spiro atoms. The monoisotopic (exact) mass is 489 g/mol. The Morgan fingerprint density at radius 3 is 2.33 bits per heavy atom. The van der Waals surface area contributed by atoms with Gasteiger partial charge in [0.2, 0.25) is 11.8 Å². The summed E-state index contributed by atoms with van der Waals surface area (Å²) in [5, 5.41) is 14.2. The number of hydrogen-bond acceptors (Lipinski definition) is 4. The van der Waals surface area contributed by atoms with Crippen molar-refractivity contribution in [2.45, 2.75) is 43.1 Å². The third kappa shape index (κ3) is 7.84. The molecule has 2 atom stereocenters. The molecule has 1 aromatic carbocycles. The van der Waals surface area contributed by atoms with Crippen LogP contribution in [-0.2, 0) is 20.8 Å². The number of rotatable bonds is 10. The number of halogens is 1. The number of aryl methyl sites for hydroxylation is 1. The summed E-state index contributed by atoms with van der Waals surface area (Å²) in [6.45, 7) is 3.89. The molecule has 1 aromatic rings. The first-order chi connectivity index (χ1) is 12.7. The van der Waals surface area contributed by atoms with Gasteiger partial charge >= 0.3 is 0 Å². The summed E-state index contributed by atoms with van der Waals surface area (Å²) in [5.74, 6) is -1.76.